The number of hydrogen-bond donors (Lipinski definition) is 2. The summed E-state index contributed by atoms with van der Waals surface area (Å²) < 4.78 is 0. The maximum absolute atomic E-state index is 12.7. The van der Waals surface area contributed by atoms with Gasteiger partial charge in [0.15, 0.2) is 0 Å². The predicted molar refractivity (Wildman–Crippen MR) is 114 cm³/mol. The van der Waals surface area contributed by atoms with Crippen LogP contribution in [0.15, 0.2) is 29.8 Å². The summed E-state index contributed by atoms with van der Waals surface area (Å²) in [6, 6.07) is 5.41. The smallest absolute Gasteiger partial charge is 0.251 e. The van der Waals surface area contributed by atoms with Crippen LogP contribution in [0.3, 0.4) is 0 Å². The maximum atomic E-state index is 12.7. The Balaban J connectivity index is 1.58. The Morgan fingerprint density at radius 2 is 1.90 bits per heavy atom. The number of allylic oxidation sites excluding steroid dienone is 1. The fraction of sp³-hybridized carbons (Fsp3) is 0.522. The van der Waals surface area contributed by atoms with Crippen molar-refractivity contribution >= 4 is 23.4 Å². The van der Waals surface area contributed by atoms with Gasteiger partial charge in [0.1, 0.15) is 0 Å². The number of carbonyl (C=O) groups is 3. The Morgan fingerprint density at radius 3 is 2.55 bits per heavy atom. The zero-order valence-corrected chi connectivity index (χ0v) is 17.4. The van der Waals surface area contributed by atoms with Crippen LogP contribution in [-0.2, 0) is 9.59 Å². The van der Waals surface area contributed by atoms with Crippen LogP contribution in [0.4, 0.5) is 5.69 Å². The SMILES string of the molecule is CC(=O)N1CCC(C(=O)Nc2cc(C(=O)NCC3=CCCCC3)ccc2C)CC1. The lowest BCUT2D eigenvalue weighted by Crippen LogP contribution is -2.40. The van der Waals surface area contributed by atoms with Gasteiger partial charge in [-0.3, -0.25) is 14.4 Å². The molecule has 3 amide bonds. The van der Waals surface area contributed by atoms with E-state index in [2.05, 4.69) is 16.7 Å². The Kier molecular flexibility index (Phi) is 7.07. The van der Waals surface area contributed by atoms with Crippen molar-refractivity contribution in [3.05, 3.63) is 41.0 Å². The van der Waals surface area contributed by atoms with Crippen LogP contribution < -0.4 is 10.6 Å². The van der Waals surface area contributed by atoms with Gasteiger partial charge in [0.2, 0.25) is 11.8 Å². The highest BCUT2D eigenvalue weighted by molar-refractivity contribution is 5.98. The molecule has 1 aromatic rings. The summed E-state index contributed by atoms with van der Waals surface area (Å²) in [5.41, 5.74) is 3.44. The number of hydrogen-bond acceptors (Lipinski definition) is 3. The largest absolute Gasteiger partial charge is 0.348 e. The Labute approximate surface area is 172 Å². The lowest BCUT2D eigenvalue weighted by molar-refractivity contribution is -0.132. The van der Waals surface area contributed by atoms with Crippen LogP contribution in [0.2, 0.25) is 0 Å². The Morgan fingerprint density at radius 1 is 1.14 bits per heavy atom. The van der Waals surface area contributed by atoms with Crippen LogP contribution >= 0.6 is 0 Å². The number of piperidine rings is 1. The molecule has 0 atom stereocenters. The van der Waals surface area contributed by atoms with E-state index in [9.17, 15) is 14.4 Å². The monoisotopic (exact) mass is 397 g/mol. The number of carbonyl (C=O) groups excluding carboxylic acids is 3. The van der Waals surface area contributed by atoms with Crippen LogP contribution in [0.1, 0.15) is 61.4 Å². The first-order valence-electron chi connectivity index (χ1n) is 10.6. The molecule has 2 aliphatic rings. The number of likely N-dealkylation sites (tertiary alicyclic amines) is 1. The van der Waals surface area contributed by atoms with E-state index in [0.717, 1.165) is 18.4 Å². The highest BCUT2D eigenvalue weighted by Crippen LogP contribution is 2.22. The summed E-state index contributed by atoms with van der Waals surface area (Å²) >= 11 is 0. The van der Waals surface area contributed by atoms with Gasteiger partial charge in [-0.05, 0) is 63.1 Å². The molecule has 1 heterocycles. The minimum absolute atomic E-state index is 0.0405. The van der Waals surface area contributed by atoms with Gasteiger partial charge < -0.3 is 15.5 Å². The van der Waals surface area contributed by atoms with Gasteiger partial charge in [-0.1, -0.05) is 17.7 Å². The molecule has 0 aromatic heterocycles. The molecule has 0 unspecified atom stereocenters. The molecule has 2 N–H and O–H groups in total. The van der Waals surface area contributed by atoms with Gasteiger partial charge in [-0.2, -0.15) is 0 Å². The summed E-state index contributed by atoms with van der Waals surface area (Å²) in [7, 11) is 0. The minimum Gasteiger partial charge on any atom is -0.348 e. The normalized spacial score (nSPS) is 17.4. The highest BCUT2D eigenvalue weighted by Gasteiger charge is 2.26. The Hall–Kier alpha value is -2.63. The van der Waals surface area contributed by atoms with E-state index in [1.54, 1.807) is 24.0 Å². The zero-order chi connectivity index (χ0) is 20.8. The molecule has 1 aliphatic carbocycles. The fourth-order valence-electron chi connectivity index (χ4n) is 3.95. The first kappa shape index (κ1) is 21.1. The van der Waals surface area contributed by atoms with E-state index < -0.39 is 0 Å². The molecule has 6 nitrogen and oxygen atoms in total. The molecule has 0 saturated carbocycles. The van der Waals surface area contributed by atoms with Crippen molar-refractivity contribution in [2.24, 2.45) is 5.92 Å². The van der Waals surface area contributed by atoms with Gasteiger partial charge in [0.05, 0.1) is 0 Å². The number of nitrogens with zero attached hydrogens (tertiary/aromatic N) is 1. The van der Waals surface area contributed by atoms with E-state index >= 15 is 0 Å². The number of amides is 3. The number of nitrogens with one attached hydrogen (secondary N) is 2. The molecule has 6 heteroatoms. The summed E-state index contributed by atoms with van der Waals surface area (Å²) in [5, 5.41) is 5.98. The van der Waals surface area contributed by atoms with Gasteiger partial charge in [-0.25, -0.2) is 0 Å². The van der Waals surface area contributed by atoms with Gasteiger partial charge in [-0.15, -0.1) is 0 Å². The van der Waals surface area contributed by atoms with E-state index in [0.29, 0.717) is 43.7 Å². The van der Waals surface area contributed by atoms with Gasteiger partial charge >= 0.3 is 0 Å². The van der Waals surface area contributed by atoms with E-state index in [1.807, 2.05) is 13.0 Å². The van der Waals surface area contributed by atoms with Crippen molar-refractivity contribution in [1.29, 1.82) is 0 Å². The summed E-state index contributed by atoms with van der Waals surface area (Å²) in [6.45, 7) is 5.30. The standard InChI is InChI=1S/C23H31N3O3/c1-16-8-9-20(22(28)24-15-18-6-4-3-5-7-18)14-21(16)25-23(29)19-10-12-26(13-11-19)17(2)27/h6,8-9,14,19H,3-5,7,10-13,15H2,1-2H3,(H,24,28)(H,25,29). The van der Waals surface area contributed by atoms with E-state index in [4.69, 9.17) is 0 Å². The number of benzene rings is 1. The van der Waals surface area contributed by atoms with E-state index in [1.165, 1.54) is 18.4 Å². The highest BCUT2D eigenvalue weighted by atomic mass is 16.2. The second kappa shape index (κ2) is 9.72. The first-order valence-corrected chi connectivity index (χ1v) is 10.6. The lowest BCUT2D eigenvalue weighted by atomic mass is 9.95. The topological polar surface area (TPSA) is 78.5 Å². The average Bonchev–Trinajstić information content (AvgIpc) is 2.74. The molecule has 156 valence electrons. The third kappa shape index (κ3) is 5.68. The molecular formula is C23H31N3O3. The average molecular weight is 398 g/mol. The predicted octanol–water partition coefficient (Wildman–Crippen LogP) is 3.42. The van der Waals surface area contributed by atoms with Crippen LogP contribution in [0.25, 0.3) is 0 Å². The second-order valence-electron chi connectivity index (χ2n) is 8.09. The van der Waals surface area contributed by atoms with Crippen molar-refractivity contribution in [2.75, 3.05) is 25.0 Å². The number of anilines is 1. The van der Waals surface area contributed by atoms with E-state index in [-0.39, 0.29) is 23.6 Å². The summed E-state index contributed by atoms with van der Waals surface area (Å²) in [6.07, 6.45) is 8.12. The molecular weight excluding hydrogens is 366 g/mol. The molecule has 0 bridgehead atoms. The lowest BCUT2D eigenvalue weighted by Gasteiger charge is -2.30. The molecule has 1 aliphatic heterocycles. The Bertz CT molecular complexity index is 808. The molecule has 1 aromatic carbocycles. The molecule has 0 radical (unpaired) electrons. The molecule has 1 saturated heterocycles. The number of aryl methyl sites for hydroxylation is 1. The molecule has 1 fully saturated rings. The van der Waals surface area contributed by atoms with Crippen LogP contribution in [0.5, 0.6) is 0 Å². The van der Waals surface area contributed by atoms with Crippen molar-refractivity contribution in [2.45, 2.75) is 52.4 Å². The number of rotatable bonds is 5. The van der Waals surface area contributed by atoms with Crippen molar-refractivity contribution in [3.63, 3.8) is 0 Å². The van der Waals surface area contributed by atoms with Crippen LogP contribution in [0, 0.1) is 12.8 Å². The quantitative estimate of drug-likeness (QED) is 0.747. The minimum atomic E-state index is -0.123. The van der Waals surface area contributed by atoms with Gasteiger partial charge in [0.25, 0.3) is 5.91 Å². The van der Waals surface area contributed by atoms with Crippen molar-refractivity contribution in [3.8, 4) is 0 Å². The zero-order valence-electron chi connectivity index (χ0n) is 17.4. The third-order valence-electron chi connectivity index (χ3n) is 5.93. The molecule has 3 rings (SSSR count). The second-order valence-corrected chi connectivity index (χ2v) is 8.09. The molecule has 29 heavy (non-hydrogen) atoms. The summed E-state index contributed by atoms with van der Waals surface area (Å²) in [4.78, 5) is 38.5. The third-order valence-corrected chi connectivity index (χ3v) is 5.93. The first-order chi connectivity index (χ1) is 13.9. The van der Waals surface area contributed by atoms with Gasteiger partial charge in [0, 0.05) is 43.7 Å². The maximum Gasteiger partial charge on any atom is 0.251 e. The van der Waals surface area contributed by atoms with Crippen molar-refractivity contribution < 1.29 is 14.4 Å². The fourth-order valence-corrected chi connectivity index (χ4v) is 3.95. The summed E-state index contributed by atoms with van der Waals surface area (Å²) in [5.74, 6) is -0.217. The molecule has 0 spiro atoms. The van der Waals surface area contributed by atoms with Crippen molar-refractivity contribution in [1.82, 2.24) is 10.2 Å². The van der Waals surface area contributed by atoms with Crippen LogP contribution in [-0.4, -0.2) is 42.3 Å².